The highest BCUT2D eigenvalue weighted by Gasteiger charge is 2.64. The molecule has 8 fully saturated rings. The molecule has 0 radical (unpaired) electrons. The van der Waals surface area contributed by atoms with Gasteiger partial charge in [0.15, 0.2) is 0 Å². The number of ketones is 3. The van der Waals surface area contributed by atoms with Crippen molar-refractivity contribution in [1.82, 2.24) is 0 Å². The lowest BCUT2D eigenvalue weighted by Crippen LogP contribution is -2.58. The first kappa shape index (κ1) is 44.0. The molecule has 8 aliphatic rings. The van der Waals surface area contributed by atoms with Gasteiger partial charge in [0.1, 0.15) is 17.3 Å². The molecule has 6 nitrogen and oxygen atoms in total. The van der Waals surface area contributed by atoms with Crippen molar-refractivity contribution in [2.75, 3.05) is 0 Å². The first-order valence-corrected chi connectivity index (χ1v) is 24.3. The molecule has 0 aromatic heterocycles. The largest absolute Gasteiger partial charge is 0.393 e. The Kier molecular flexibility index (Phi) is 12.3. The van der Waals surface area contributed by atoms with Crippen LogP contribution in [0.2, 0.25) is 0 Å². The molecule has 0 aliphatic heterocycles. The summed E-state index contributed by atoms with van der Waals surface area (Å²) < 4.78 is 0. The van der Waals surface area contributed by atoms with Crippen molar-refractivity contribution in [3.05, 3.63) is 0 Å². The van der Waals surface area contributed by atoms with Gasteiger partial charge in [0, 0.05) is 38.0 Å². The fourth-order valence-corrected chi connectivity index (χ4v) is 17.3. The van der Waals surface area contributed by atoms with Gasteiger partial charge in [0.25, 0.3) is 0 Å². The molecule has 8 aliphatic carbocycles. The van der Waals surface area contributed by atoms with E-state index in [0.29, 0.717) is 108 Å². The number of fused-ring (bicyclic) bond motifs is 10. The molecule has 0 bridgehead atoms. The number of aliphatic hydroxyl groups is 3. The summed E-state index contributed by atoms with van der Waals surface area (Å²) in [5.41, 5.74) is 0.0497. The van der Waals surface area contributed by atoms with Gasteiger partial charge in [-0.15, -0.1) is 0 Å². The molecule has 0 aromatic carbocycles. The molecule has 8 saturated carbocycles. The highest BCUT2D eigenvalue weighted by molar-refractivity contribution is 5.86. The maximum atomic E-state index is 13.3. The second-order valence-corrected chi connectivity index (χ2v) is 23.8. The summed E-state index contributed by atoms with van der Waals surface area (Å²) >= 11 is 0. The fourth-order valence-electron chi connectivity index (χ4n) is 17.3. The number of aliphatic hydroxyl groups excluding tert-OH is 2. The molecule has 0 amide bonds. The van der Waals surface area contributed by atoms with Crippen molar-refractivity contribution in [3.8, 4) is 0 Å². The van der Waals surface area contributed by atoms with Gasteiger partial charge in [-0.2, -0.15) is 0 Å². The van der Waals surface area contributed by atoms with Crippen LogP contribution < -0.4 is 0 Å². The molecule has 0 saturated heterocycles. The second-order valence-electron chi connectivity index (χ2n) is 23.8. The van der Waals surface area contributed by atoms with Crippen molar-refractivity contribution in [2.24, 2.45) is 92.7 Å². The van der Waals surface area contributed by atoms with Crippen molar-refractivity contribution >= 4 is 17.3 Å². The predicted octanol–water partition coefficient (Wildman–Crippen LogP) is 10.6. The minimum Gasteiger partial charge on any atom is -0.393 e. The van der Waals surface area contributed by atoms with Crippen LogP contribution in [-0.4, -0.2) is 50.5 Å². The van der Waals surface area contributed by atoms with E-state index in [1.54, 1.807) is 13.8 Å². The smallest absolute Gasteiger partial charge is 0.136 e. The van der Waals surface area contributed by atoms with Crippen LogP contribution >= 0.6 is 0 Å². The number of carbonyl (C=O) groups excluding carboxylic acids is 3. The van der Waals surface area contributed by atoms with E-state index in [-0.39, 0.29) is 22.3 Å². The van der Waals surface area contributed by atoms with Gasteiger partial charge in [-0.3, -0.25) is 14.4 Å². The zero-order valence-corrected chi connectivity index (χ0v) is 37.8. The maximum absolute atomic E-state index is 13.3. The third-order valence-corrected chi connectivity index (χ3v) is 20.8. The third-order valence-electron chi connectivity index (χ3n) is 20.8. The number of carbonyl (C=O) groups is 3. The van der Waals surface area contributed by atoms with Crippen molar-refractivity contribution < 1.29 is 29.7 Å². The van der Waals surface area contributed by atoms with Crippen LogP contribution in [0.1, 0.15) is 191 Å². The number of Topliss-reactive ketones (excluding diaryl/α,β-unsaturated/α-hetero) is 3. The number of hydrogen-bond donors (Lipinski definition) is 3. The molecule has 3 N–H and O–H groups in total. The van der Waals surface area contributed by atoms with Gasteiger partial charge < -0.3 is 15.3 Å². The van der Waals surface area contributed by atoms with E-state index < -0.39 is 11.7 Å². The van der Waals surface area contributed by atoms with Gasteiger partial charge in [-0.1, -0.05) is 61.3 Å². The van der Waals surface area contributed by atoms with E-state index in [0.717, 1.165) is 50.4 Å². The highest BCUT2D eigenvalue weighted by Crippen LogP contribution is 2.69. The van der Waals surface area contributed by atoms with Gasteiger partial charge in [0.05, 0.1) is 17.8 Å². The molecule has 8 rings (SSSR count). The van der Waals surface area contributed by atoms with Crippen LogP contribution in [0.4, 0.5) is 0 Å². The van der Waals surface area contributed by atoms with E-state index in [4.69, 9.17) is 0 Å². The first-order chi connectivity index (χ1) is 26.7. The minimum atomic E-state index is -1.04. The SMILES string of the molecule is CCC[C@@H](C)[C@H]1CC[C@H]2[C@@H]3C(=O)C[C@@H]4CC(=O)CC[C@]4(C)[C@H]3CC[C@]12C.C[C@H](CCC(O)C(C)(C)O)[C@H]1CC[C@H]2[C@@H]3C(O)C[C@@H]4CC(=O)CC[C@]4(C)[C@H]3CC[C@]12C. The average molecular weight is 793 g/mol. The summed E-state index contributed by atoms with van der Waals surface area (Å²) in [6.45, 7) is 20.4. The summed E-state index contributed by atoms with van der Waals surface area (Å²) in [5, 5.41) is 31.7. The molecule has 324 valence electrons. The van der Waals surface area contributed by atoms with Gasteiger partial charge in [-0.25, -0.2) is 0 Å². The zero-order valence-electron chi connectivity index (χ0n) is 37.8. The molecule has 18 atom stereocenters. The molecule has 0 heterocycles. The summed E-state index contributed by atoms with van der Waals surface area (Å²) in [7, 11) is 0. The lowest BCUT2D eigenvalue weighted by Gasteiger charge is -2.62. The molecular weight excluding hydrogens is 709 g/mol. The third kappa shape index (κ3) is 7.52. The van der Waals surface area contributed by atoms with Crippen LogP contribution in [0.15, 0.2) is 0 Å². The Balaban J connectivity index is 0.000000177. The number of rotatable bonds is 8. The Morgan fingerprint density at radius 2 is 1.14 bits per heavy atom. The fraction of sp³-hybridized carbons (Fsp3) is 0.941. The van der Waals surface area contributed by atoms with Crippen molar-refractivity contribution in [3.63, 3.8) is 0 Å². The zero-order chi connectivity index (χ0) is 41.5. The van der Waals surface area contributed by atoms with Gasteiger partial charge in [-0.05, 0) is 184 Å². The lowest BCUT2D eigenvalue weighted by atomic mass is 9.44. The highest BCUT2D eigenvalue weighted by atomic mass is 16.3. The van der Waals surface area contributed by atoms with Crippen molar-refractivity contribution in [2.45, 2.75) is 209 Å². The Morgan fingerprint density at radius 1 is 0.649 bits per heavy atom. The monoisotopic (exact) mass is 793 g/mol. The van der Waals surface area contributed by atoms with E-state index in [1.807, 2.05) is 0 Å². The molecule has 2 unspecified atom stereocenters. The van der Waals surface area contributed by atoms with E-state index in [2.05, 4.69) is 48.5 Å². The molecule has 0 aromatic rings. The van der Waals surface area contributed by atoms with E-state index >= 15 is 0 Å². The molecular formula is C51H84O6. The maximum Gasteiger partial charge on any atom is 0.136 e. The van der Waals surface area contributed by atoms with Crippen molar-refractivity contribution in [1.29, 1.82) is 0 Å². The van der Waals surface area contributed by atoms with E-state index in [9.17, 15) is 29.7 Å². The lowest BCUT2D eigenvalue weighted by molar-refractivity contribution is -0.169. The topological polar surface area (TPSA) is 112 Å². The van der Waals surface area contributed by atoms with Crippen LogP contribution in [0.5, 0.6) is 0 Å². The average Bonchev–Trinajstić information content (AvgIpc) is 3.68. The molecule has 57 heavy (non-hydrogen) atoms. The van der Waals surface area contributed by atoms with Crippen LogP contribution in [-0.2, 0) is 14.4 Å². The summed E-state index contributed by atoms with van der Waals surface area (Å²) in [5.74, 6) is 7.70. The Bertz CT molecular complexity index is 1500. The Labute approximate surface area is 347 Å². The Morgan fingerprint density at radius 3 is 1.74 bits per heavy atom. The normalized spacial score (nSPS) is 48.2. The second kappa shape index (κ2) is 16.0. The number of hydrogen-bond acceptors (Lipinski definition) is 6. The quantitative estimate of drug-likeness (QED) is 0.226. The van der Waals surface area contributed by atoms with Crippen LogP contribution in [0, 0.1) is 92.7 Å². The molecule has 0 spiro atoms. The standard InChI is InChI=1S/C27H46O4.C24H38O2/c1-16(6-9-23(30)25(2,3)31)19-7-8-20-24-21(11-13-27(19,20)5)26(4)12-10-18(28)14-17(26)15-22(24)29;1-5-6-15(2)18-7-8-19-22-20(10-12-24(18,19)4)23(3)11-9-17(25)13-16(23)14-21(22)26/h16-17,19-24,29-31H,6-15H2,1-5H3;15-16,18-20,22H,5-14H2,1-4H3/t16-,17+,19-,20+,21+,22?,23?,24+,26+,27-;15-,16+,18-,19+,20+,22+,23+,24-/m11/s1. The van der Waals surface area contributed by atoms with Crippen LogP contribution in [0.3, 0.4) is 0 Å². The summed E-state index contributed by atoms with van der Waals surface area (Å²) in [6.07, 6.45) is 19.6. The first-order valence-electron chi connectivity index (χ1n) is 24.3. The predicted molar refractivity (Wildman–Crippen MR) is 227 cm³/mol. The molecule has 6 heteroatoms. The van der Waals surface area contributed by atoms with E-state index in [1.165, 1.54) is 64.2 Å². The van der Waals surface area contributed by atoms with Crippen LogP contribution in [0.25, 0.3) is 0 Å². The summed E-state index contributed by atoms with van der Waals surface area (Å²) in [6, 6.07) is 0. The summed E-state index contributed by atoms with van der Waals surface area (Å²) in [4.78, 5) is 37.5. The van der Waals surface area contributed by atoms with Gasteiger partial charge >= 0.3 is 0 Å². The minimum absolute atomic E-state index is 0.222. The van der Waals surface area contributed by atoms with Gasteiger partial charge in [0.2, 0.25) is 0 Å². The Hall–Kier alpha value is -1.11.